The second kappa shape index (κ2) is 7.89. The van der Waals surface area contributed by atoms with Gasteiger partial charge in [-0.15, -0.1) is 0 Å². The number of hydrogen-bond acceptors (Lipinski definition) is 4. The Morgan fingerprint density at radius 3 is 2.82 bits per heavy atom. The first-order chi connectivity index (χ1) is 10.6. The number of nitrogens with one attached hydrogen (secondary N) is 1. The van der Waals surface area contributed by atoms with E-state index < -0.39 is 0 Å². The van der Waals surface area contributed by atoms with Crippen LogP contribution in [0.3, 0.4) is 0 Å². The molecule has 122 valence electrons. The van der Waals surface area contributed by atoms with Gasteiger partial charge >= 0.3 is 6.03 Å². The first-order valence-corrected chi connectivity index (χ1v) is 7.49. The van der Waals surface area contributed by atoms with Crippen molar-refractivity contribution in [3.63, 3.8) is 0 Å². The van der Waals surface area contributed by atoms with Gasteiger partial charge in [-0.3, -0.25) is 0 Å². The van der Waals surface area contributed by atoms with Crippen LogP contribution in [0.4, 0.5) is 4.79 Å². The maximum atomic E-state index is 12.1. The van der Waals surface area contributed by atoms with E-state index in [4.69, 9.17) is 14.2 Å². The van der Waals surface area contributed by atoms with Crippen molar-refractivity contribution in [3.8, 4) is 11.5 Å². The summed E-state index contributed by atoms with van der Waals surface area (Å²) in [5.74, 6) is 1.41. The van der Waals surface area contributed by atoms with Crippen molar-refractivity contribution in [1.82, 2.24) is 10.2 Å². The number of ether oxygens (including phenoxy) is 3. The van der Waals surface area contributed by atoms with Crippen LogP contribution in [-0.2, 0) is 11.2 Å². The van der Waals surface area contributed by atoms with E-state index in [9.17, 15) is 4.79 Å². The molecule has 1 aliphatic heterocycles. The molecule has 22 heavy (non-hydrogen) atoms. The van der Waals surface area contributed by atoms with E-state index >= 15 is 0 Å². The van der Waals surface area contributed by atoms with Gasteiger partial charge in [-0.05, 0) is 31.0 Å². The molecule has 1 atom stereocenters. The first kappa shape index (κ1) is 16.4. The summed E-state index contributed by atoms with van der Waals surface area (Å²) in [7, 11) is 3.23. The first-order valence-electron chi connectivity index (χ1n) is 7.49. The fourth-order valence-corrected chi connectivity index (χ4v) is 2.46. The van der Waals surface area contributed by atoms with E-state index in [-0.39, 0.29) is 12.1 Å². The molecule has 0 aromatic heterocycles. The summed E-state index contributed by atoms with van der Waals surface area (Å²) in [4.78, 5) is 13.9. The lowest BCUT2D eigenvalue weighted by Crippen LogP contribution is -2.49. The normalized spacial score (nSPS) is 18.0. The Balaban J connectivity index is 1.82. The van der Waals surface area contributed by atoms with E-state index in [0.717, 1.165) is 12.0 Å². The summed E-state index contributed by atoms with van der Waals surface area (Å²) >= 11 is 0. The molecule has 1 fully saturated rings. The Bertz CT molecular complexity index is 507. The topological polar surface area (TPSA) is 60.0 Å². The van der Waals surface area contributed by atoms with Crippen molar-refractivity contribution in [2.75, 3.05) is 40.5 Å². The fourth-order valence-electron chi connectivity index (χ4n) is 2.46. The van der Waals surface area contributed by atoms with Gasteiger partial charge in [-0.2, -0.15) is 0 Å². The number of hydrogen-bond donors (Lipinski definition) is 1. The molecule has 0 radical (unpaired) electrons. The van der Waals surface area contributed by atoms with Gasteiger partial charge in [0.15, 0.2) is 11.5 Å². The molecule has 0 bridgehead atoms. The minimum Gasteiger partial charge on any atom is -0.493 e. The van der Waals surface area contributed by atoms with Crippen LogP contribution in [-0.4, -0.2) is 57.5 Å². The van der Waals surface area contributed by atoms with Gasteiger partial charge < -0.3 is 24.4 Å². The van der Waals surface area contributed by atoms with E-state index in [1.54, 1.807) is 19.1 Å². The summed E-state index contributed by atoms with van der Waals surface area (Å²) in [6.07, 6.45) is 0.844. The average molecular weight is 308 g/mol. The average Bonchev–Trinajstić information content (AvgIpc) is 2.54. The van der Waals surface area contributed by atoms with E-state index in [0.29, 0.717) is 37.7 Å². The molecule has 0 spiro atoms. The van der Waals surface area contributed by atoms with Crippen LogP contribution in [0, 0.1) is 0 Å². The highest BCUT2D eigenvalue weighted by atomic mass is 16.5. The number of amides is 2. The molecule has 1 aliphatic rings. The number of morpholine rings is 1. The molecule has 1 saturated heterocycles. The molecule has 6 heteroatoms. The Hall–Kier alpha value is -1.95. The lowest BCUT2D eigenvalue weighted by molar-refractivity contribution is -0.00342. The van der Waals surface area contributed by atoms with Crippen molar-refractivity contribution in [3.05, 3.63) is 23.8 Å². The Morgan fingerprint density at radius 1 is 1.36 bits per heavy atom. The number of carbonyl (C=O) groups is 1. The van der Waals surface area contributed by atoms with E-state index in [1.165, 1.54) is 0 Å². The number of nitrogens with zero attached hydrogens (tertiary/aromatic N) is 1. The van der Waals surface area contributed by atoms with Crippen LogP contribution in [0.25, 0.3) is 0 Å². The highest BCUT2D eigenvalue weighted by molar-refractivity contribution is 5.74. The lowest BCUT2D eigenvalue weighted by atomic mass is 10.1. The van der Waals surface area contributed by atoms with Crippen molar-refractivity contribution >= 4 is 6.03 Å². The molecular formula is C16H24N2O4. The van der Waals surface area contributed by atoms with E-state index in [2.05, 4.69) is 5.32 Å². The smallest absolute Gasteiger partial charge is 0.317 e. The van der Waals surface area contributed by atoms with Gasteiger partial charge in [0.1, 0.15) is 0 Å². The second-order valence-corrected chi connectivity index (χ2v) is 5.30. The number of benzene rings is 1. The molecule has 2 rings (SSSR count). The van der Waals surface area contributed by atoms with E-state index in [1.807, 2.05) is 25.1 Å². The Labute approximate surface area is 131 Å². The lowest BCUT2D eigenvalue weighted by Gasteiger charge is -2.31. The highest BCUT2D eigenvalue weighted by Crippen LogP contribution is 2.27. The van der Waals surface area contributed by atoms with Crippen molar-refractivity contribution < 1.29 is 19.0 Å². The third-order valence-electron chi connectivity index (χ3n) is 3.67. The second-order valence-electron chi connectivity index (χ2n) is 5.30. The van der Waals surface area contributed by atoms with Gasteiger partial charge in [0.2, 0.25) is 0 Å². The van der Waals surface area contributed by atoms with Gasteiger partial charge in [-0.1, -0.05) is 6.07 Å². The third kappa shape index (κ3) is 4.27. The zero-order chi connectivity index (χ0) is 15.9. The number of methoxy groups -OCH3 is 2. The minimum absolute atomic E-state index is 0.0318. The number of rotatable bonds is 5. The SMILES string of the molecule is COc1ccc(CCNC(=O)N2CCOC(C)C2)cc1OC. The number of urea groups is 1. The predicted octanol–water partition coefficient (Wildman–Crippen LogP) is 1.68. The molecule has 1 aromatic carbocycles. The van der Waals surface area contributed by atoms with Crippen molar-refractivity contribution in [2.24, 2.45) is 0 Å². The molecule has 1 N–H and O–H groups in total. The maximum absolute atomic E-state index is 12.1. The standard InChI is InChI=1S/C16H24N2O4/c1-12-11-18(8-9-22-12)16(19)17-7-6-13-4-5-14(20-2)15(10-13)21-3/h4-5,10,12H,6-9,11H2,1-3H3,(H,17,19). The van der Waals surface area contributed by atoms with Crippen LogP contribution < -0.4 is 14.8 Å². The Morgan fingerprint density at radius 2 is 2.14 bits per heavy atom. The van der Waals surface area contributed by atoms with Gasteiger partial charge in [-0.25, -0.2) is 4.79 Å². The fraction of sp³-hybridized carbons (Fsp3) is 0.562. The maximum Gasteiger partial charge on any atom is 0.317 e. The molecule has 0 aliphatic carbocycles. The van der Waals surface area contributed by atoms with Crippen molar-refractivity contribution in [2.45, 2.75) is 19.4 Å². The van der Waals surface area contributed by atoms with Crippen LogP contribution in [0.5, 0.6) is 11.5 Å². The molecule has 1 heterocycles. The monoisotopic (exact) mass is 308 g/mol. The third-order valence-corrected chi connectivity index (χ3v) is 3.67. The number of carbonyl (C=O) groups excluding carboxylic acids is 1. The minimum atomic E-state index is -0.0318. The summed E-state index contributed by atoms with van der Waals surface area (Å²) in [5, 5.41) is 2.95. The zero-order valence-electron chi connectivity index (χ0n) is 13.4. The zero-order valence-corrected chi connectivity index (χ0v) is 13.4. The molecule has 1 unspecified atom stereocenters. The van der Waals surface area contributed by atoms with Crippen LogP contribution in [0.2, 0.25) is 0 Å². The molecule has 1 aromatic rings. The Kier molecular flexibility index (Phi) is 5.89. The van der Waals surface area contributed by atoms with Crippen LogP contribution >= 0.6 is 0 Å². The molecular weight excluding hydrogens is 284 g/mol. The quantitative estimate of drug-likeness (QED) is 0.899. The largest absolute Gasteiger partial charge is 0.493 e. The van der Waals surface area contributed by atoms with Crippen molar-refractivity contribution in [1.29, 1.82) is 0 Å². The van der Waals surface area contributed by atoms with Gasteiger partial charge in [0.25, 0.3) is 0 Å². The summed E-state index contributed by atoms with van der Waals surface area (Å²) in [6.45, 7) is 4.45. The summed E-state index contributed by atoms with van der Waals surface area (Å²) in [5.41, 5.74) is 1.09. The summed E-state index contributed by atoms with van der Waals surface area (Å²) in [6, 6.07) is 5.75. The molecule has 0 saturated carbocycles. The molecule has 2 amide bonds. The highest BCUT2D eigenvalue weighted by Gasteiger charge is 2.20. The van der Waals surface area contributed by atoms with Gasteiger partial charge in [0, 0.05) is 19.6 Å². The van der Waals surface area contributed by atoms with Crippen LogP contribution in [0.1, 0.15) is 12.5 Å². The summed E-state index contributed by atoms with van der Waals surface area (Å²) < 4.78 is 15.9. The predicted molar refractivity (Wildman–Crippen MR) is 83.6 cm³/mol. The van der Waals surface area contributed by atoms with Gasteiger partial charge in [0.05, 0.1) is 26.9 Å². The van der Waals surface area contributed by atoms with Crippen LogP contribution in [0.15, 0.2) is 18.2 Å². The molecule has 6 nitrogen and oxygen atoms in total.